The first-order valence-electron chi connectivity index (χ1n) is 2.73. The van der Waals surface area contributed by atoms with Gasteiger partial charge in [-0.2, -0.15) is 0 Å². The van der Waals surface area contributed by atoms with Crippen LogP contribution in [0.15, 0.2) is 27.1 Å². The fourth-order valence-electron chi connectivity index (χ4n) is 0.840. The zero-order chi connectivity index (χ0) is 6.16. The molecule has 0 saturated heterocycles. The largest absolute Gasteiger partial charge is 0.265 e. The monoisotopic (exact) mass is 119 g/mol. The summed E-state index contributed by atoms with van der Waals surface area (Å²) >= 11 is 0. The smallest absolute Gasteiger partial charge is 0.238 e. The molecule has 9 heavy (non-hydrogen) atoms. The Labute approximate surface area is 52.5 Å². The molecule has 1 spiro atoms. The van der Waals surface area contributed by atoms with Gasteiger partial charge in [0.15, 0.2) is 0 Å². The number of rotatable bonds is 0. The molecule has 0 bridgehead atoms. The highest BCUT2D eigenvalue weighted by Gasteiger charge is 2.25. The van der Waals surface area contributed by atoms with Crippen molar-refractivity contribution in [3.8, 4) is 0 Å². The Kier molecular flexibility index (Phi) is 0.704. The van der Waals surface area contributed by atoms with E-state index in [0.29, 0.717) is 0 Å². The van der Waals surface area contributed by atoms with Crippen LogP contribution in [0.4, 0.5) is 0 Å². The minimum atomic E-state index is -0.583. The second-order valence-corrected chi connectivity index (χ2v) is 1.88. The van der Waals surface area contributed by atoms with Gasteiger partial charge >= 0.3 is 0 Å². The molecule has 3 nitrogen and oxygen atoms in total. The van der Waals surface area contributed by atoms with Crippen LogP contribution in [0.1, 0.15) is 0 Å². The van der Waals surface area contributed by atoms with Crippen LogP contribution in [0.3, 0.4) is 0 Å². The van der Waals surface area contributed by atoms with E-state index in [1.165, 1.54) is 0 Å². The van der Waals surface area contributed by atoms with Gasteiger partial charge < -0.3 is 0 Å². The van der Waals surface area contributed by atoms with Crippen molar-refractivity contribution in [1.29, 1.82) is 0 Å². The van der Waals surface area contributed by atoms with Gasteiger partial charge in [0.25, 0.3) is 5.79 Å². The number of nitrogens with zero attached hydrogens (tertiary/aromatic N) is 3. The average Bonchev–Trinajstić information content (AvgIpc) is 2.45. The van der Waals surface area contributed by atoms with Crippen molar-refractivity contribution >= 4 is 18.6 Å². The van der Waals surface area contributed by atoms with Gasteiger partial charge in [-0.05, 0) is 12.2 Å². The van der Waals surface area contributed by atoms with Crippen molar-refractivity contribution in [2.24, 2.45) is 15.0 Å². The van der Waals surface area contributed by atoms with E-state index in [-0.39, 0.29) is 0 Å². The molecule has 0 aliphatic carbocycles. The maximum Gasteiger partial charge on any atom is 0.265 e. The fourth-order valence-corrected chi connectivity index (χ4v) is 0.840. The summed E-state index contributed by atoms with van der Waals surface area (Å²) in [6.07, 6.45) is 8.73. The van der Waals surface area contributed by atoms with Crippen molar-refractivity contribution < 1.29 is 0 Å². The lowest BCUT2D eigenvalue weighted by molar-refractivity contribution is 0.621. The first kappa shape index (κ1) is 4.61. The summed E-state index contributed by atoms with van der Waals surface area (Å²) < 4.78 is 0. The predicted octanol–water partition coefficient (Wildman–Crippen LogP) is 0.436. The standard InChI is InChI=1S/C6H5N3/c1-2-6(7-3-1)8-4-5-9-6/h1-5H. The maximum absolute atomic E-state index is 4.03. The van der Waals surface area contributed by atoms with Gasteiger partial charge in [0.05, 0.1) is 0 Å². The molecule has 2 aliphatic rings. The van der Waals surface area contributed by atoms with Crippen molar-refractivity contribution in [1.82, 2.24) is 0 Å². The van der Waals surface area contributed by atoms with Gasteiger partial charge in [0, 0.05) is 18.6 Å². The van der Waals surface area contributed by atoms with Gasteiger partial charge in [0.1, 0.15) is 0 Å². The molecule has 0 unspecified atom stereocenters. The number of hydrogen-bond donors (Lipinski definition) is 0. The highest BCUT2D eigenvalue weighted by molar-refractivity contribution is 6.18. The Bertz CT molecular complexity index is 181. The van der Waals surface area contributed by atoms with Crippen LogP contribution in [-0.2, 0) is 0 Å². The van der Waals surface area contributed by atoms with Crippen LogP contribution < -0.4 is 0 Å². The molecule has 3 heteroatoms. The molecule has 0 fully saturated rings. The zero-order valence-electron chi connectivity index (χ0n) is 4.73. The molecule has 0 atom stereocenters. The molecule has 2 heterocycles. The molecular weight excluding hydrogens is 114 g/mol. The van der Waals surface area contributed by atoms with Crippen molar-refractivity contribution in [3.63, 3.8) is 0 Å². The lowest BCUT2D eigenvalue weighted by Gasteiger charge is -2.06. The number of aliphatic imine (C=N–C) groups is 3. The molecule has 44 valence electrons. The normalized spacial score (nSPS) is 24.9. The summed E-state index contributed by atoms with van der Waals surface area (Å²) in [5.41, 5.74) is 0. The molecule has 2 aliphatic heterocycles. The Hall–Kier alpha value is -1.25. The molecule has 0 N–H and O–H groups in total. The maximum atomic E-state index is 4.03. The highest BCUT2D eigenvalue weighted by Crippen LogP contribution is 2.21. The summed E-state index contributed by atoms with van der Waals surface area (Å²) in [5.74, 6) is -0.583. The summed E-state index contributed by atoms with van der Waals surface area (Å²) in [6, 6.07) is 0. The summed E-state index contributed by atoms with van der Waals surface area (Å²) in [7, 11) is 0. The van der Waals surface area contributed by atoms with E-state index in [1.807, 2.05) is 12.2 Å². The van der Waals surface area contributed by atoms with Crippen molar-refractivity contribution in [2.45, 2.75) is 5.79 Å². The highest BCUT2D eigenvalue weighted by atomic mass is 15.3. The third-order valence-corrected chi connectivity index (χ3v) is 1.27. The van der Waals surface area contributed by atoms with Gasteiger partial charge in [-0.3, -0.25) is 0 Å². The summed E-state index contributed by atoms with van der Waals surface area (Å²) in [6.45, 7) is 0. The third kappa shape index (κ3) is 0.543. The molecule has 0 amide bonds. The zero-order valence-corrected chi connectivity index (χ0v) is 4.73. The topological polar surface area (TPSA) is 37.1 Å². The van der Waals surface area contributed by atoms with Gasteiger partial charge in [-0.15, -0.1) is 0 Å². The first-order valence-corrected chi connectivity index (χ1v) is 2.73. The van der Waals surface area contributed by atoms with Crippen molar-refractivity contribution in [3.05, 3.63) is 12.2 Å². The van der Waals surface area contributed by atoms with Gasteiger partial charge in [0.2, 0.25) is 0 Å². The molecule has 0 saturated carbocycles. The Morgan fingerprint density at radius 3 is 2.11 bits per heavy atom. The van der Waals surface area contributed by atoms with Crippen molar-refractivity contribution in [2.75, 3.05) is 0 Å². The first-order chi connectivity index (χ1) is 4.41. The summed E-state index contributed by atoms with van der Waals surface area (Å²) in [4.78, 5) is 12.1. The van der Waals surface area contributed by atoms with E-state index in [2.05, 4.69) is 15.0 Å². The second kappa shape index (κ2) is 1.37. The Morgan fingerprint density at radius 2 is 1.56 bits per heavy atom. The Morgan fingerprint density at radius 1 is 0.889 bits per heavy atom. The molecule has 0 aromatic carbocycles. The molecule has 2 rings (SSSR count). The average molecular weight is 119 g/mol. The molecule has 0 aromatic rings. The van der Waals surface area contributed by atoms with Crippen LogP contribution in [0, 0.1) is 0 Å². The predicted molar refractivity (Wildman–Crippen MR) is 37.3 cm³/mol. The summed E-state index contributed by atoms with van der Waals surface area (Å²) in [5, 5.41) is 0. The van der Waals surface area contributed by atoms with E-state index < -0.39 is 5.79 Å². The van der Waals surface area contributed by atoms with Crippen LogP contribution in [0.5, 0.6) is 0 Å². The van der Waals surface area contributed by atoms with Crippen LogP contribution >= 0.6 is 0 Å². The fraction of sp³-hybridized carbons (Fsp3) is 0.167. The van der Waals surface area contributed by atoms with E-state index in [4.69, 9.17) is 0 Å². The van der Waals surface area contributed by atoms with E-state index in [9.17, 15) is 0 Å². The van der Waals surface area contributed by atoms with Gasteiger partial charge in [-0.1, -0.05) is 0 Å². The number of allylic oxidation sites excluding steroid dienone is 1. The van der Waals surface area contributed by atoms with Crippen LogP contribution in [0.2, 0.25) is 0 Å². The van der Waals surface area contributed by atoms with Crippen LogP contribution in [0.25, 0.3) is 0 Å². The molecule has 0 aromatic heterocycles. The SMILES string of the molecule is C1=CC2(N=C1)N=CC=N2. The van der Waals surface area contributed by atoms with E-state index in [1.54, 1.807) is 18.6 Å². The minimum absolute atomic E-state index is 0.583. The lowest BCUT2D eigenvalue weighted by Crippen LogP contribution is -2.10. The quantitative estimate of drug-likeness (QED) is 0.443. The number of hydrogen-bond acceptors (Lipinski definition) is 3. The van der Waals surface area contributed by atoms with E-state index >= 15 is 0 Å². The van der Waals surface area contributed by atoms with Gasteiger partial charge in [-0.25, -0.2) is 15.0 Å². The third-order valence-electron chi connectivity index (χ3n) is 1.27. The molecule has 0 radical (unpaired) electrons. The Balaban J connectivity index is 2.46. The van der Waals surface area contributed by atoms with E-state index in [0.717, 1.165) is 0 Å². The molecular formula is C6H5N3. The second-order valence-electron chi connectivity index (χ2n) is 1.88. The van der Waals surface area contributed by atoms with Crippen LogP contribution in [-0.4, -0.2) is 24.4 Å². The lowest BCUT2D eigenvalue weighted by atomic mass is 10.4. The minimum Gasteiger partial charge on any atom is -0.238 e.